The monoisotopic (exact) mass is 611 g/mol. The molecule has 228 valence electrons. The lowest BCUT2D eigenvalue weighted by molar-refractivity contribution is -0.131. The predicted molar refractivity (Wildman–Crippen MR) is 157 cm³/mol. The van der Waals surface area contributed by atoms with Gasteiger partial charge in [-0.15, -0.1) is 0 Å². The van der Waals surface area contributed by atoms with Crippen LogP contribution in [0.3, 0.4) is 0 Å². The lowest BCUT2D eigenvalue weighted by Crippen LogP contribution is -2.36. The van der Waals surface area contributed by atoms with Crippen LogP contribution in [0.25, 0.3) is 0 Å². The molecule has 3 aromatic rings. The molecule has 0 unspecified atom stereocenters. The third-order valence-electron chi connectivity index (χ3n) is 6.84. The Morgan fingerprint density at radius 2 is 1.77 bits per heavy atom. The Balaban J connectivity index is 1.49. The average molecular weight is 612 g/mol. The summed E-state index contributed by atoms with van der Waals surface area (Å²) < 4.78 is 51.0. The zero-order valence-electron chi connectivity index (χ0n) is 23.8. The number of halogens is 1. The Bertz CT molecular complexity index is 1560. The molecule has 0 fully saturated rings. The fourth-order valence-electron chi connectivity index (χ4n) is 4.58. The number of sulfone groups is 1. The molecule has 0 saturated carbocycles. The summed E-state index contributed by atoms with van der Waals surface area (Å²) in [6, 6.07) is 16.6. The van der Waals surface area contributed by atoms with Crippen molar-refractivity contribution in [2.75, 3.05) is 32.5 Å². The van der Waals surface area contributed by atoms with E-state index in [-0.39, 0.29) is 84.6 Å². The number of carbonyl (C=O) groups is 3. The molecule has 0 aliphatic carbocycles. The molecule has 3 amide bonds. The van der Waals surface area contributed by atoms with Gasteiger partial charge in [0, 0.05) is 50.7 Å². The van der Waals surface area contributed by atoms with Crippen molar-refractivity contribution < 1.29 is 36.7 Å². The molecule has 5 rings (SSSR count). The van der Waals surface area contributed by atoms with Crippen molar-refractivity contribution in [1.29, 1.82) is 0 Å². The van der Waals surface area contributed by atoms with Crippen LogP contribution in [-0.2, 0) is 26.0 Å². The van der Waals surface area contributed by atoms with Crippen LogP contribution in [0, 0.1) is 5.82 Å². The molecule has 2 heterocycles. The van der Waals surface area contributed by atoms with Gasteiger partial charge in [-0.25, -0.2) is 12.8 Å². The fraction of sp³-hybridized carbons (Fsp3) is 0.323. The average Bonchev–Trinajstić information content (AvgIpc) is 3.00. The van der Waals surface area contributed by atoms with Crippen molar-refractivity contribution in [3.63, 3.8) is 0 Å². The van der Waals surface area contributed by atoms with Crippen LogP contribution >= 0.6 is 0 Å². The van der Waals surface area contributed by atoms with Gasteiger partial charge in [-0.05, 0) is 60.9 Å². The van der Waals surface area contributed by atoms with E-state index >= 15 is 0 Å². The van der Waals surface area contributed by atoms with E-state index < -0.39 is 15.7 Å². The van der Waals surface area contributed by atoms with Crippen LogP contribution in [0.1, 0.15) is 41.6 Å². The van der Waals surface area contributed by atoms with Crippen LogP contribution in [0.15, 0.2) is 71.6 Å². The summed E-state index contributed by atoms with van der Waals surface area (Å²) in [5.41, 5.74) is 0.796. The van der Waals surface area contributed by atoms with Gasteiger partial charge in [-0.2, -0.15) is 0 Å². The van der Waals surface area contributed by atoms with Crippen molar-refractivity contribution in [3.8, 4) is 17.2 Å². The molecule has 12 heteroatoms. The highest BCUT2D eigenvalue weighted by Crippen LogP contribution is 2.33. The van der Waals surface area contributed by atoms with Crippen molar-refractivity contribution >= 4 is 27.6 Å². The largest absolute Gasteiger partial charge is 0.493 e. The minimum atomic E-state index is -3.65. The summed E-state index contributed by atoms with van der Waals surface area (Å²) in [5.74, 6) is -1.18. The number of hydrogen-bond acceptors (Lipinski definition) is 7. The van der Waals surface area contributed by atoms with Crippen LogP contribution in [0.5, 0.6) is 17.2 Å². The van der Waals surface area contributed by atoms with E-state index in [1.165, 1.54) is 42.3 Å². The maximum absolute atomic E-state index is 14.3. The number of amides is 3. The summed E-state index contributed by atoms with van der Waals surface area (Å²) in [5, 5.41) is 5.56. The molecule has 4 bridgehead atoms. The number of nitrogens with one attached hydrogen (secondary N) is 2. The first-order valence-electron chi connectivity index (χ1n) is 13.9. The van der Waals surface area contributed by atoms with Gasteiger partial charge in [0.25, 0.3) is 5.91 Å². The Morgan fingerprint density at radius 1 is 1.00 bits per heavy atom. The summed E-state index contributed by atoms with van der Waals surface area (Å²) in [6.45, 7) is 0.789. The number of ether oxygens (including phenoxy) is 2. The Labute approximate surface area is 250 Å². The molecule has 2 aliphatic rings. The van der Waals surface area contributed by atoms with Crippen LogP contribution in [-0.4, -0.2) is 63.5 Å². The first-order valence-corrected chi connectivity index (χ1v) is 15.6. The molecule has 0 spiro atoms. The number of methoxy groups -OCH3 is 1. The van der Waals surface area contributed by atoms with E-state index in [2.05, 4.69) is 10.6 Å². The zero-order valence-corrected chi connectivity index (χ0v) is 24.6. The molecular weight excluding hydrogens is 577 g/mol. The molecule has 0 aromatic heterocycles. The maximum Gasteiger partial charge on any atom is 0.251 e. The van der Waals surface area contributed by atoms with Gasteiger partial charge < -0.3 is 25.0 Å². The number of carbonyl (C=O) groups excluding carboxylic acids is 3. The maximum atomic E-state index is 14.3. The Morgan fingerprint density at radius 3 is 2.53 bits per heavy atom. The van der Waals surface area contributed by atoms with E-state index in [9.17, 15) is 27.2 Å². The predicted octanol–water partition coefficient (Wildman–Crippen LogP) is 3.85. The highest BCUT2D eigenvalue weighted by Gasteiger charge is 2.20. The van der Waals surface area contributed by atoms with Gasteiger partial charge in [0.1, 0.15) is 11.6 Å². The van der Waals surface area contributed by atoms with Gasteiger partial charge in [0.05, 0.1) is 17.8 Å². The molecular formula is C31H34FN3O7S. The number of benzene rings is 3. The normalized spacial score (nSPS) is 15.2. The molecule has 3 aromatic carbocycles. The second kappa shape index (κ2) is 14.6. The minimum absolute atomic E-state index is 0.0587. The van der Waals surface area contributed by atoms with Gasteiger partial charge >= 0.3 is 0 Å². The van der Waals surface area contributed by atoms with Gasteiger partial charge in [0.2, 0.25) is 11.8 Å². The molecule has 10 nitrogen and oxygen atoms in total. The Kier molecular flexibility index (Phi) is 10.7. The van der Waals surface area contributed by atoms with Crippen LogP contribution in [0.2, 0.25) is 0 Å². The van der Waals surface area contributed by atoms with Crippen molar-refractivity contribution in [1.82, 2.24) is 15.5 Å². The standard InChI is InChI=1S/C31H34FN3O7S/c1-41-28-19-23-10-11-27(28)42-25-18-22(17-24(32)20-25)21-34-29(36)9-5-14-35(15-6-13-33-31(23)38)30(37)12-16-43(39,40)26-7-3-2-4-8-26/h2-4,7-8,10-11,17-20H,5-6,9,12-16,21H2,1H3,(H,33,38)(H,34,36). The number of fused-ring (bicyclic) bond motifs is 13. The smallest absolute Gasteiger partial charge is 0.251 e. The molecule has 0 saturated heterocycles. The minimum Gasteiger partial charge on any atom is -0.493 e. The van der Waals surface area contributed by atoms with E-state index in [0.29, 0.717) is 24.0 Å². The highest BCUT2D eigenvalue weighted by atomic mass is 32.2. The lowest BCUT2D eigenvalue weighted by atomic mass is 10.1. The summed E-state index contributed by atoms with van der Waals surface area (Å²) in [7, 11) is -2.22. The number of nitrogens with zero attached hydrogens (tertiary/aromatic N) is 1. The van der Waals surface area contributed by atoms with Gasteiger partial charge in [0.15, 0.2) is 21.3 Å². The van der Waals surface area contributed by atoms with E-state index in [0.717, 1.165) is 0 Å². The molecule has 43 heavy (non-hydrogen) atoms. The Hall–Kier alpha value is -4.45. The molecule has 2 N–H and O–H groups in total. The lowest BCUT2D eigenvalue weighted by Gasteiger charge is -2.23. The van der Waals surface area contributed by atoms with E-state index in [1.54, 1.807) is 36.4 Å². The third kappa shape index (κ3) is 9.02. The number of hydrogen-bond donors (Lipinski definition) is 2. The van der Waals surface area contributed by atoms with Crippen LogP contribution < -0.4 is 20.1 Å². The molecule has 2 aliphatic heterocycles. The summed E-state index contributed by atoms with van der Waals surface area (Å²) >= 11 is 0. The van der Waals surface area contributed by atoms with Crippen molar-refractivity contribution in [2.24, 2.45) is 0 Å². The first-order chi connectivity index (χ1) is 20.6. The second-order valence-corrected chi connectivity index (χ2v) is 12.1. The first kappa shape index (κ1) is 31.5. The summed E-state index contributed by atoms with van der Waals surface area (Å²) in [6.07, 6.45) is 0.628. The quantitative estimate of drug-likeness (QED) is 0.448. The van der Waals surface area contributed by atoms with Crippen molar-refractivity contribution in [2.45, 2.75) is 37.1 Å². The van der Waals surface area contributed by atoms with E-state index in [1.807, 2.05) is 0 Å². The van der Waals surface area contributed by atoms with E-state index in [4.69, 9.17) is 9.47 Å². The fourth-order valence-corrected chi connectivity index (χ4v) is 5.83. The third-order valence-corrected chi connectivity index (χ3v) is 8.57. The number of rotatable bonds is 5. The highest BCUT2D eigenvalue weighted by molar-refractivity contribution is 7.91. The van der Waals surface area contributed by atoms with Gasteiger partial charge in [-0.3, -0.25) is 14.4 Å². The molecule has 0 atom stereocenters. The van der Waals surface area contributed by atoms with Crippen LogP contribution in [0.4, 0.5) is 4.39 Å². The zero-order chi connectivity index (χ0) is 30.8. The van der Waals surface area contributed by atoms with Crippen molar-refractivity contribution in [3.05, 3.63) is 83.7 Å². The van der Waals surface area contributed by atoms with Gasteiger partial charge in [-0.1, -0.05) is 18.2 Å². The molecule has 0 radical (unpaired) electrons. The topological polar surface area (TPSA) is 131 Å². The summed E-state index contributed by atoms with van der Waals surface area (Å²) in [4.78, 5) is 40.1. The second-order valence-electron chi connectivity index (χ2n) is 10.0. The SMILES string of the molecule is COc1cc2ccc1Oc1cc(F)cc(c1)CNC(=O)CCCN(C(=O)CCS(=O)(=O)c1ccccc1)CCCNC2=O.